The number of aryl methyl sites for hydroxylation is 1. The highest BCUT2D eigenvalue weighted by Crippen LogP contribution is 2.16. The first kappa shape index (κ1) is 18.2. The zero-order valence-electron chi connectivity index (χ0n) is 15.6. The molecule has 0 N–H and O–H groups in total. The van der Waals surface area contributed by atoms with Crippen LogP contribution in [-0.4, -0.2) is 59.0 Å². The number of benzene rings is 1. The third-order valence-corrected chi connectivity index (χ3v) is 5.02. The van der Waals surface area contributed by atoms with Crippen molar-refractivity contribution in [3.63, 3.8) is 0 Å². The van der Waals surface area contributed by atoms with Gasteiger partial charge in [0.2, 0.25) is 0 Å². The minimum absolute atomic E-state index is 0.131. The van der Waals surface area contributed by atoms with Crippen LogP contribution in [0.2, 0.25) is 0 Å². The Hall–Kier alpha value is -2.60. The van der Waals surface area contributed by atoms with Gasteiger partial charge in [-0.15, -0.1) is 0 Å². The number of aromatic nitrogens is 1. The van der Waals surface area contributed by atoms with Crippen LogP contribution in [0.3, 0.4) is 0 Å². The molecule has 0 bridgehead atoms. The zero-order chi connectivity index (χ0) is 18.7. The van der Waals surface area contributed by atoms with Gasteiger partial charge in [0.25, 0.3) is 0 Å². The smallest absolute Gasteiger partial charge is 0.410 e. The Bertz CT molecular complexity index is 790. The second kappa shape index (κ2) is 7.74. The molecule has 0 spiro atoms. The first-order valence-electron chi connectivity index (χ1n) is 8.86. The number of carbonyl (C=O) groups is 2. The second-order valence-electron chi connectivity index (χ2n) is 6.71. The second-order valence-corrected chi connectivity index (χ2v) is 6.71. The SMILES string of the molecule is Cc1cc(C(=O)CN2CCN(C(=O)Oc3ccccc3)CC2)c(C)n1C. The lowest BCUT2D eigenvalue weighted by Crippen LogP contribution is -2.50. The molecule has 26 heavy (non-hydrogen) atoms. The van der Waals surface area contributed by atoms with Crippen molar-refractivity contribution in [2.75, 3.05) is 32.7 Å². The fourth-order valence-corrected chi connectivity index (χ4v) is 3.17. The predicted octanol–water partition coefficient (Wildman–Crippen LogP) is 2.64. The highest BCUT2D eigenvalue weighted by molar-refractivity contribution is 5.99. The molecule has 1 saturated heterocycles. The van der Waals surface area contributed by atoms with E-state index in [9.17, 15) is 9.59 Å². The number of hydrogen-bond donors (Lipinski definition) is 0. The molecule has 1 aromatic carbocycles. The summed E-state index contributed by atoms with van der Waals surface area (Å²) >= 11 is 0. The van der Waals surface area contributed by atoms with Crippen molar-refractivity contribution in [3.05, 3.63) is 53.3 Å². The minimum atomic E-state index is -0.336. The average Bonchev–Trinajstić information content (AvgIpc) is 2.90. The number of para-hydroxylation sites is 1. The summed E-state index contributed by atoms with van der Waals surface area (Å²) in [4.78, 5) is 28.6. The van der Waals surface area contributed by atoms with Crippen LogP contribution in [0, 0.1) is 13.8 Å². The van der Waals surface area contributed by atoms with Gasteiger partial charge in [-0.25, -0.2) is 4.79 Å². The number of piperazine rings is 1. The predicted molar refractivity (Wildman–Crippen MR) is 99.7 cm³/mol. The van der Waals surface area contributed by atoms with Crippen LogP contribution in [-0.2, 0) is 7.05 Å². The lowest BCUT2D eigenvalue weighted by atomic mass is 10.1. The molecule has 138 valence electrons. The van der Waals surface area contributed by atoms with E-state index >= 15 is 0 Å². The first-order chi connectivity index (χ1) is 12.5. The fourth-order valence-electron chi connectivity index (χ4n) is 3.17. The molecule has 2 heterocycles. The highest BCUT2D eigenvalue weighted by Gasteiger charge is 2.25. The van der Waals surface area contributed by atoms with Crippen LogP contribution in [0.4, 0.5) is 4.79 Å². The van der Waals surface area contributed by atoms with Crippen LogP contribution < -0.4 is 4.74 Å². The molecular weight excluding hydrogens is 330 g/mol. The molecule has 0 atom stereocenters. The quantitative estimate of drug-likeness (QED) is 0.791. The van der Waals surface area contributed by atoms with E-state index in [0.717, 1.165) is 17.0 Å². The molecule has 1 fully saturated rings. The van der Waals surface area contributed by atoms with Crippen LogP contribution in [0.1, 0.15) is 21.7 Å². The van der Waals surface area contributed by atoms with Gasteiger partial charge in [-0.2, -0.15) is 0 Å². The van der Waals surface area contributed by atoms with Crippen molar-refractivity contribution in [1.29, 1.82) is 0 Å². The van der Waals surface area contributed by atoms with Gasteiger partial charge in [0.15, 0.2) is 5.78 Å². The number of ether oxygens (including phenoxy) is 1. The number of ketones is 1. The molecular formula is C20H25N3O3. The average molecular weight is 355 g/mol. The van der Waals surface area contributed by atoms with E-state index in [1.165, 1.54) is 0 Å². The van der Waals surface area contributed by atoms with Gasteiger partial charge in [0, 0.05) is 50.2 Å². The molecule has 1 aromatic heterocycles. The Morgan fingerprint density at radius 3 is 2.27 bits per heavy atom. The van der Waals surface area contributed by atoms with Crippen LogP contribution in [0.5, 0.6) is 5.75 Å². The largest absolute Gasteiger partial charge is 0.415 e. The zero-order valence-corrected chi connectivity index (χ0v) is 15.6. The summed E-state index contributed by atoms with van der Waals surface area (Å²) in [7, 11) is 1.97. The molecule has 0 saturated carbocycles. The van der Waals surface area contributed by atoms with Crippen molar-refractivity contribution in [2.24, 2.45) is 7.05 Å². The van der Waals surface area contributed by atoms with Crippen molar-refractivity contribution >= 4 is 11.9 Å². The van der Waals surface area contributed by atoms with Gasteiger partial charge in [-0.05, 0) is 32.0 Å². The topological polar surface area (TPSA) is 54.8 Å². The van der Waals surface area contributed by atoms with E-state index in [-0.39, 0.29) is 11.9 Å². The molecule has 1 aliphatic heterocycles. The monoisotopic (exact) mass is 355 g/mol. The molecule has 3 rings (SSSR count). The minimum Gasteiger partial charge on any atom is -0.410 e. The molecule has 6 nitrogen and oxygen atoms in total. The molecule has 0 aliphatic carbocycles. The molecule has 2 aromatic rings. The summed E-state index contributed by atoms with van der Waals surface area (Å²) in [6, 6.07) is 11.0. The lowest BCUT2D eigenvalue weighted by Gasteiger charge is -2.33. The number of amides is 1. The Morgan fingerprint density at radius 1 is 1.04 bits per heavy atom. The molecule has 0 unspecified atom stereocenters. The van der Waals surface area contributed by atoms with Crippen molar-refractivity contribution < 1.29 is 14.3 Å². The summed E-state index contributed by atoms with van der Waals surface area (Å²) < 4.78 is 7.40. The summed E-state index contributed by atoms with van der Waals surface area (Å²) in [5.74, 6) is 0.677. The third kappa shape index (κ3) is 3.96. The third-order valence-electron chi connectivity index (χ3n) is 5.02. The Balaban J connectivity index is 1.51. The van der Waals surface area contributed by atoms with E-state index in [2.05, 4.69) is 4.90 Å². The van der Waals surface area contributed by atoms with E-state index in [1.807, 2.05) is 49.7 Å². The Morgan fingerprint density at radius 2 is 1.69 bits per heavy atom. The maximum Gasteiger partial charge on any atom is 0.415 e. The van der Waals surface area contributed by atoms with Crippen molar-refractivity contribution in [3.8, 4) is 5.75 Å². The lowest BCUT2D eigenvalue weighted by molar-refractivity contribution is 0.0845. The van der Waals surface area contributed by atoms with Crippen LogP contribution >= 0.6 is 0 Å². The van der Waals surface area contributed by atoms with Crippen molar-refractivity contribution in [2.45, 2.75) is 13.8 Å². The van der Waals surface area contributed by atoms with E-state index in [0.29, 0.717) is 38.5 Å². The summed E-state index contributed by atoms with van der Waals surface area (Å²) in [5, 5.41) is 0. The summed E-state index contributed by atoms with van der Waals surface area (Å²) in [6.07, 6.45) is -0.336. The number of nitrogens with zero attached hydrogens (tertiary/aromatic N) is 3. The first-order valence-corrected chi connectivity index (χ1v) is 8.86. The number of hydrogen-bond acceptors (Lipinski definition) is 4. The summed E-state index contributed by atoms with van der Waals surface area (Å²) in [6.45, 7) is 6.81. The van der Waals surface area contributed by atoms with Gasteiger partial charge in [-0.3, -0.25) is 9.69 Å². The summed E-state index contributed by atoms with van der Waals surface area (Å²) in [5.41, 5.74) is 2.87. The van der Waals surface area contributed by atoms with E-state index < -0.39 is 0 Å². The fraction of sp³-hybridized carbons (Fsp3) is 0.400. The Labute approximate surface area is 154 Å². The maximum atomic E-state index is 12.6. The molecule has 0 radical (unpaired) electrons. The normalized spacial score (nSPS) is 15.1. The van der Waals surface area contributed by atoms with Gasteiger partial charge >= 0.3 is 6.09 Å². The number of carbonyl (C=O) groups excluding carboxylic acids is 2. The van der Waals surface area contributed by atoms with Crippen molar-refractivity contribution in [1.82, 2.24) is 14.4 Å². The van der Waals surface area contributed by atoms with Gasteiger partial charge in [0.1, 0.15) is 5.75 Å². The highest BCUT2D eigenvalue weighted by atomic mass is 16.6. The molecule has 1 aliphatic rings. The molecule has 6 heteroatoms. The number of Topliss-reactive ketones (excluding diaryl/α,β-unsaturated/α-hetero) is 1. The van der Waals surface area contributed by atoms with Gasteiger partial charge in [-0.1, -0.05) is 18.2 Å². The number of rotatable bonds is 4. The van der Waals surface area contributed by atoms with Gasteiger partial charge < -0.3 is 14.2 Å². The van der Waals surface area contributed by atoms with E-state index in [4.69, 9.17) is 4.74 Å². The van der Waals surface area contributed by atoms with Crippen LogP contribution in [0.15, 0.2) is 36.4 Å². The van der Waals surface area contributed by atoms with Crippen LogP contribution in [0.25, 0.3) is 0 Å². The Kier molecular flexibility index (Phi) is 5.42. The standard InChI is InChI=1S/C20H25N3O3/c1-15-13-18(16(2)21(15)3)19(24)14-22-9-11-23(12-10-22)20(25)26-17-7-5-4-6-8-17/h4-8,13H,9-12,14H2,1-3H3. The van der Waals surface area contributed by atoms with Gasteiger partial charge in [0.05, 0.1) is 6.54 Å². The molecule has 1 amide bonds. The van der Waals surface area contributed by atoms with E-state index in [1.54, 1.807) is 17.0 Å². The maximum absolute atomic E-state index is 12.6.